The van der Waals surface area contributed by atoms with E-state index in [0.29, 0.717) is 17.9 Å². The van der Waals surface area contributed by atoms with E-state index in [0.717, 1.165) is 19.5 Å². The number of rotatable bonds is 5. The lowest BCUT2D eigenvalue weighted by Gasteiger charge is -2.31. The van der Waals surface area contributed by atoms with Crippen molar-refractivity contribution in [2.45, 2.75) is 12.8 Å². The number of esters is 1. The maximum atomic E-state index is 11.5. The number of aryl methyl sites for hydroxylation is 1. The van der Waals surface area contributed by atoms with Gasteiger partial charge in [0.25, 0.3) is 0 Å². The smallest absolute Gasteiger partial charge is 0.337 e. The van der Waals surface area contributed by atoms with E-state index in [1.807, 2.05) is 6.07 Å². The number of methoxy groups -OCH3 is 1. The van der Waals surface area contributed by atoms with Crippen molar-refractivity contribution in [1.29, 1.82) is 0 Å². The van der Waals surface area contributed by atoms with Crippen molar-refractivity contribution in [3.63, 3.8) is 0 Å². The number of anilines is 1. The van der Waals surface area contributed by atoms with Crippen LogP contribution in [0.5, 0.6) is 5.75 Å². The summed E-state index contributed by atoms with van der Waals surface area (Å²) in [6.45, 7) is 2.47. The van der Waals surface area contributed by atoms with Gasteiger partial charge in [0.15, 0.2) is 0 Å². The van der Waals surface area contributed by atoms with Crippen LogP contribution in [0.1, 0.15) is 22.3 Å². The minimum Gasteiger partial charge on any atom is -0.492 e. The van der Waals surface area contributed by atoms with Crippen molar-refractivity contribution < 1.29 is 14.3 Å². The number of fused-ring (bicyclic) bond motifs is 1. The molecule has 0 atom stereocenters. The van der Waals surface area contributed by atoms with Crippen LogP contribution in [-0.4, -0.2) is 32.8 Å². The molecule has 0 amide bonds. The number of hydrogen-bond acceptors (Lipinski definition) is 4. The molecule has 2 aromatic carbocycles. The van der Waals surface area contributed by atoms with E-state index in [4.69, 9.17) is 9.47 Å². The van der Waals surface area contributed by atoms with E-state index < -0.39 is 0 Å². The number of carbonyl (C=O) groups excluding carboxylic acids is 1. The van der Waals surface area contributed by atoms with Crippen molar-refractivity contribution in [1.82, 2.24) is 0 Å². The molecular formula is C19H21NO3. The molecule has 2 aromatic rings. The maximum Gasteiger partial charge on any atom is 0.337 e. The van der Waals surface area contributed by atoms with Gasteiger partial charge in [-0.15, -0.1) is 0 Å². The first-order valence-corrected chi connectivity index (χ1v) is 7.92. The molecule has 0 saturated carbocycles. The predicted molar refractivity (Wildman–Crippen MR) is 90.3 cm³/mol. The predicted octanol–water partition coefficient (Wildman–Crippen LogP) is 3.30. The summed E-state index contributed by atoms with van der Waals surface area (Å²) < 4.78 is 10.5. The van der Waals surface area contributed by atoms with E-state index in [1.54, 1.807) is 18.2 Å². The Bertz CT molecular complexity index is 684. The molecule has 0 aromatic heterocycles. The standard InChI is InChI=1S/C19H21NO3/c1-22-19(21)16-7-4-9-17(14-16)23-13-12-20-11-5-8-15-6-2-3-10-18(15)20/h2-4,6-7,9-10,14H,5,8,11-13H2,1H3. The first-order chi connectivity index (χ1) is 11.3. The highest BCUT2D eigenvalue weighted by molar-refractivity contribution is 5.89. The number of hydrogen-bond donors (Lipinski definition) is 0. The Morgan fingerprint density at radius 2 is 2.04 bits per heavy atom. The average Bonchev–Trinajstić information content (AvgIpc) is 2.61. The van der Waals surface area contributed by atoms with Crippen LogP contribution in [-0.2, 0) is 11.2 Å². The summed E-state index contributed by atoms with van der Waals surface area (Å²) in [6, 6.07) is 15.6. The van der Waals surface area contributed by atoms with Gasteiger partial charge in [0, 0.05) is 12.2 Å². The van der Waals surface area contributed by atoms with Crippen LogP contribution in [0.25, 0.3) is 0 Å². The fourth-order valence-corrected chi connectivity index (χ4v) is 2.95. The first kappa shape index (κ1) is 15.4. The Morgan fingerprint density at radius 3 is 2.91 bits per heavy atom. The van der Waals surface area contributed by atoms with E-state index in [-0.39, 0.29) is 5.97 Å². The van der Waals surface area contributed by atoms with Gasteiger partial charge >= 0.3 is 5.97 Å². The lowest BCUT2D eigenvalue weighted by Crippen LogP contribution is -2.33. The second kappa shape index (κ2) is 7.18. The molecule has 4 heteroatoms. The minimum atomic E-state index is -0.347. The van der Waals surface area contributed by atoms with E-state index >= 15 is 0 Å². The molecule has 0 bridgehead atoms. The Hall–Kier alpha value is -2.49. The Kier molecular flexibility index (Phi) is 4.81. The molecule has 0 saturated heterocycles. The van der Waals surface area contributed by atoms with Crippen molar-refractivity contribution in [3.05, 3.63) is 59.7 Å². The van der Waals surface area contributed by atoms with Crippen LogP contribution in [0, 0.1) is 0 Å². The Labute approximate surface area is 136 Å². The third kappa shape index (κ3) is 3.65. The Morgan fingerprint density at radius 1 is 1.17 bits per heavy atom. The molecule has 23 heavy (non-hydrogen) atoms. The summed E-state index contributed by atoms with van der Waals surface area (Å²) in [5.74, 6) is 0.346. The number of benzene rings is 2. The summed E-state index contributed by atoms with van der Waals surface area (Å²) >= 11 is 0. The van der Waals surface area contributed by atoms with Crippen molar-refractivity contribution in [2.24, 2.45) is 0 Å². The summed E-state index contributed by atoms with van der Waals surface area (Å²) in [5, 5.41) is 0. The van der Waals surface area contributed by atoms with Gasteiger partial charge in [0.2, 0.25) is 0 Å². The quantitative estimate of drug-likeness (QED) is 0.794. The van der Waals surface area contributed by atoms with Crippen LogP contribution < -0.4 is 9.64 Å². The van der Waals surface area contributed by atoms with Gasteiger partial charge < -0.3 is 14.4 Å². The number of nitrogens with zero attached hydrogens (tertiary/aromatic N) is 1. The fourth-order valence-electron chi connectivity index (χ4n) is 2.95. The van der Waals surface area contributed by atoms with Crippen LogP contribution in [0.2, 0.25) is 0 Å². The second-order valence-electron chi connectivity index (χ2n) is 5.59. The second-order valence-corrected chi connectivity index (χ2v) is 5.59. The summed E-state index contributed by atoms with van der Waals surface area (Å²) in [5.41, 5.74) is 3.23. The highest BCUT2D eigenvalue weighted by atomic mass is 16.5. The summed E-state index contributed by atoms with van der Waals surface area (Å²) in [6.07, 6.45) is 2.32. The molecule has 1 aliphatic heterocycles. The molecular weight excluding hydrogens is 290 g/mol. The number of para-hydroxylation sites is 1. The fraction of sp³-hybridized carbons (Fsp3) is 0.316. The first-order valence-electron chi connectivity index (χ1n) is 7.92. The monoisotopic (exact) mass is 311 g/mol. The van der Waals surface area contributed by atoms with Gasteiger partial charge in [-0.05, 0) is 42.7 Å². The van der Waals surface area contributed by atoms with Crippen molar-refractivity contribution in [3.8, 4) is 5.75 Å². The highest BCUT2D eigenvalue weighted by Crippen LogP contribution is 2.26. The van der Waals surface area contributed by atoms with Gasteiger partial charge in [-0.3, -0.25) is 0 Å². The summed E-state index contributed by atoms with van der Waals surface area (Å²) in [7, 11) is 1.38. The van der Waals surface area contributed by atoms with Gasteiger partial charge in [0.05, 0.1) is 19.2 Å². The molecule has 0 unspecified atom stereocenters. The zero-order valence-electron chi connectivity index (χ0n) is 13.3. The lowest BCUT2D eigenvalue weighted by molar-refractivity contribution is 0.0600. The normalized spacial score (nSPS) is 13.3. The summed E-state index contributed by atoms with van der Waals surface area (Å²) in [4.78, 5) is 13.9. The van der Waals surface area contributed by atoms with Crippen LogP contribution in [0.15, 0.2) is 48.5 Å². The van der Waals surface area contributed by atoms with E-state index in [2.05, 4.69) is 29.2 Å². The van der Waals surface area contributed by atoms with Crippen molar-refractivity contribution >= 4 is 11.7 Å². The zero-order valence-corrected chi connectivity index (χ0v) is 13.3. The van der Waals surface area contributed by atoms with E-state index in [1.165, 1.54) is 24.8 Å². The molecule has 0 spiro atoms. The molecule has 0 aliphatic carbocycles. The highest BCUT2D eigenvalue weighted by Gasteiger charge is 2.15. The maximum absolute atomic E-state index is 11.5. The third-order valence-electron chi connectivity index (χ3n) is 4.09. The van der Waals surface area contributed by atoms with Crippen LogP contribution in [0.4, 0.5) is 5.69 Å². The molecule has 0 fully saturated rings. The van der Waals surface area contributed by atoms with Gasteiger partial charge in [-0.25, -0.2) is 4.79 Å². The Balaban J connectivity index is 1.59. The molecule has 0 N–H and O–H groups in total. The minimum absolute atomic E-state index is 0.347. The van der Waals surface area contributed by atoms with Crippen LogP contribution in [0.3, 0.4) is 0 Å². The van der Waals surface area contributed by atoms with Gasteiger partial charge in [0.1, 0.15) is 12.4 Å². The van der Waals surface area contributed by atoms with Crippen molar-refractivity contribution in [2.75, 3.05) is 31.7 Å². The molecule has 3 rings (SSSR count). The van der Waals surface area contributed by atoms with E-state index in [9.17, 15) is 4.79 Å². The zero-order chi connectivity index (χ0) is 16.1. The molecule has 4 nitrogen and oxygen atoms in total. The largest absolute Gasteiger partial charge is 0.492 e. The SMILES string of the molecule is COC(=O)c1cccc(OCCN2CCCc3ccccc32)c1. The van der Waals surface area contributed by atoms with Gasteiger partial charge in [-0.2, -0.15) is 0 Å². The number of ether oxygens (including phenoxy) is 2. The molecule has 1 heterocycles. The average molecular weight is 311 g/mol. The molecule has 120 valence electrons. The third-order valence-corrected chi connectivity index (χ3v) is 4.09. The topological polar surface area (TPSA) is 38.8 Å². The van der Waals surface area contributed by atoms with Gasteiger partial charge in [-0.1, -0.05) is 24.3 Å². The van der Waals surface area contributed by atoms with Crippen LogP contribution >= 0.6 is 0 Å². The number of carbonyl (C=O) groups is 1. The molecule has 0 radical (unpaired) electrons. The lowest BCUT2D eigenvalue weighted by atomic mass is 10.0. The molecule has 1 aliphatic rings.